The molecule has 1 fully saturated rings. The van der Waals surface area contributed by atoms with Crippen molar-refractivity contribution in [3.63, 3.8) is 0 Å². The second-order valence-electron chi connectivity index (χ2n) is 8.99. The standard InChI is InChI=1S/C28H35ClO5/c1-3-5-7-20-8-10-21(11-9-20)27(30)34-24-16-17-25(26(29)19-24)28(31)33-23-14-12-22(13-15-23)32-18-6-4-2/h12-17,19-21H,3-11,18H2,1-2H3. The molecule has 34 heavy (non-hydrogen) atoms. The second-order valence-corrected chi connectivity index (χ2v) is 9.39. The van der Waals surface area contributed by atoms with Crippen LogP contribution in [0.2, 0.25) is 5.02 Å². The van der Waals surface area contributed by atoms with Gasteiger partial charge >= 0.3 is 11.9 Å². The fourth-order valence-corrected chi connectivity index (χ4v) is 4.45. The Morgan fingerprint density at radius 1 is 0.853 bits per heavy atom. The number of esters is 2. The number of carbonyl (C=O) groups excluding carboxylic acids is 2. The lowest BCUT2D eigenvalue weighted by molar-refractivity contribution is -0.140. The third kappa shape index (κ3) is 7.76. The summed E-state index contributed by atoms with van der Waals surface area (Å²) < 4.78 is 16.6. The molecule has 0 saturated heterocycles. The Morgan fingerprint density at radius 2 is 1.50 bits per heavy atom. The molecule has 0 aromatic heterocycles. The van der Waals surface area contributed by atoms with Gasteiger partial charge in [0.05, 0.1) is 23.1 Å². The quantitative estimate of drug-likeness (QED) is 0.185. The molecule has 2 aromatic carbocycles. The minimum atomic E-state index is -0.576. The monoisotopic (exact) mass is 486 g/mol. The zero-order chi connectivity index (χ0) is 24.3. The lowest BCUT2D eigenvalue weighted by atomic mass is 9.80. The molecule has 2 aromatic rings. The van der Waals surface area contributed by atoms with Crippen LogP contribution in [-0.2, 0) is 4.79 Å². The van der Waals surface area contributed by atoms with Gasteiger partial charge in [-0.15, -0.1) is 0 Å². The highest BCUT2D eigenvalue weighted by Crippen LogP contribution is 2.33. The van der Waals surface area contributed by atoms with E-state index in [0.717, 1.165) is 50.2 Å². The zero-order valence-corrected chi connectivity index (χ0v) is 20.9. The molecule has 3 rings (SSSR count). The Labute approximate surface area is 207 Å². The van der Waals surface area contributed by atoms with Crippen LogP contribution in [-0.4, -0.2) is 18.5 Å². The lowest BCUT2D eigenvalue weighted by Crippen LogP contribution is -2.25. The third-order valence-electron chi connectivity index (χ3n) is 6.33. The highest BCUT2D eigenvalue weighted by atomic mass is 35.5. The molecule has 6 heteroatoms. The number of benzene rings is 2. The molecule has 0 amide bonds. The smallest absolute Gasteiger partial charge is 0.345 e. The minimum Gasteiger partial charge on any atom is -0.494 e. The highest BCUT2D eigenvalue weighted by molar-refractivity contribution is 6.33. The molecule has 0 bridgehead atoms. The van der Waals surface area contributed by atoms with Crippen LogP contribution in [0.1, 0.15) is 82.0 Å². The second kappa shape index (κ2) is 13.4. The van der Waals surface area contributed by atoms with E-state index in [1.54, 1.807) is 30.3 Å². The molecular formula is C28H35ClO5. The molecule has 5 nitrogen and oxygen atoms in total. The number of hydrogen-bond donors (Lipinski definition) is 0. The van der Waals surface area contributed by atoms with Crippen molar-refractivity contribution in [2.24, 2.45) is 11.8 Å². The molecule has 0 heterocycles. The van der Waals surface area contributed by atoms with E-state index < -0.39 is 5.97 Å². The van der Waals surface area contributed by atoms with Gasteiger partial charge in [-0.05, 0) is 74.4 Å². The highest BCUT2D eigenvalue weighted by Gasteiger charge is 2.27. The molecule has 0 radical (unpaired) electrons. The van der Waals surface area contributed by atoms with Crippen LogP contribution in [0.5, 0.6) is 17.2 Å². The number of halogens is 1. The topological polar surface area (TPSA) is 61.8 Å². The number of ether oxygens (including phenoxy) is 3. The number of hydrogen-bond acceptors (Lipinski definition) is 5. The fourth-order valence-electron chi connectivity index (χ4n) is 4.20. The fraction of sp³-hybridized carbons (Fsp3) is 0.500. The van der Waals surface area contributed by atoms with Gasteiger partial charge in [-0.3, -0.25) is 4.79 Å². The minimum absolute atomic E-state index is 0.0739. The summed E-state index contributed by atoms with van der Waals surface area (Å²) in [7, 11) is 0. The van der Waals surface area contributed by atoms with Gasteiger partial charge in [0.15, 0.2) is 0 Å². The van der Waals surface area contributed by atoms with Gasteiger partial charge < -0.3 is 14.2 Å². The third-order valence-corrected chi connectivity index (χ3v) is 6.64. The van der Waals surface area contributed by atoms with Crippen LogP contribution in [0.3, 0.4) is 0 Å². The average Bonchev–Trinajstić information content (AvgIpc) is 2.84. The van der Waals surface area contributed by atoms with E-state index in [9.17, 15) is 9.59 Å². The van der Waals surface area contributed by atoms with Crippen LogP contribution in [0.25, 0.3) is 0 Å². The summed E-state index contributed by atoms with van der Waals surface area (Å²) in [6.07, 6.45) is 9.67. The zero-order valence-electron chi connectivity index (χ0n) is 20.2. The van der Waals surface area contributed by atoms with E-state index in [4.69, 9.17) is 25.8 Å². The normalized spacial score (nSPS) is 17.7. The van der Waals surface area contributed by atoms with Gasteiger partial charge in [0, 0.05) is 6.07 Å². The Kier molecular flexibility index (Phi) is 10.3. The van der Waals surface area contributed by atoms with Gasteiger partial charge in [0.25, 0.3) is 0 Å². The predicted molar refractivity (Wildman–Crippen MR) is 134 cm³/mol. The lowest BCUT2D eigenvalue weighted by Gasteiger charge is -2.27. The van der Waals surface area contributed by atoms with E-state index in [2.05, 4.69) is 13.8 Å². The summed E-state index contributed by atoms with van der Waals surface area (Å²) in [5, 5.41) is 0.179. The summed E-state index contributed by atoms with van der Waals surface area (Å²) in [5.74, 6) is 1.33. The van der Waals surface area contributed by atoms with E-state index >= 15 is 0 Å². The number of rotatable bonds is 11. The van der Waals surface area contributed by atoms with Gasteiger partial charge in [-0.1, -0.05) is 51.1 Å². The van der Waals surface area contributed by atoms with Gasteiger partial charge in [0.2, 0.25) is 0 Å². The Balaban J connectivity index is 1.51. The van der Waals surface area contributed by atoms with Crippen molar-refractivity contribution >= 4 is 23.5 Å². The van der Waals surface area contributed by atoms with Crippen molar-refractivity contribution < 1.29 is 23.8 Å². The Bertz CT molecular complexity index is 932. The molecule has 1 aliphatic carbocycles. The van der Waals surface area contributed by atoms with Crippen molar-refractivity contribution in [2.45, 2.75) is 71.6 Å². The molecule has 1 saturated carbocycles. The molecule has 184 valence electrons. The van der Waals surface area contributed by atoms with Crippen LogP contribution in [0, 0.1) is 11.8 Å². The van der Waals surface area contributed by atoms with Crippen molar-refractivity contribution in [2.75, 3.05) is 6.61 Å². The summed E-state index contributed by atoms with van der Waals surface area (Å²) >= 11 is 6.31. The van der Waals surface area contributed by atoms with Crippen LogP contribution in [0.15, 0.2) is 42.5 Å². The van der Waals surface area contributed by atoms with E-state index in [1.165, 1.54) is 31.4 Å². The average molecular weight is 487 g/mol. The first-order chi connectivity index (χ1) is 16.5. The Morgan fingerprint density at radius 3 is 2.15 bits per heavy atom. The number of unbranched alkanes of at least 4 members (excludes halogenated alkanes) is 2. The van der Waals surface area contributed by atoms with Crippen molar-refractivity contribution in [3.05, 3.63) is 53.1 Å². The first-order valence-electron chi connectivity index (χ1n) is 12.5. The van der Waals surface area contributed by atoms with Gasteiger partial charge in [-0.2, -0.15) is 0 Å². The molecule has 0 unspecified atom stereocenters. The van der Waals surface area contributed by atoms with Crippen LogP contribution < -0.4 is 14.2 Å². The van der Waals surface area contributed by atoms with Crippen LogP contribution in [0.4, 0.5) is 0 Å². The molecule has 1 aliphatic rings. The SMILES string of the molecule is CCCCOc1ccc(OC(=O)c2ccc(OC(=O)C3CCC(CCCC)CC3)cc2Cl)cc1. The van der Waals surface area contributed by atoms with E-state index in [0.29, 0.717) is 18.1 Å². The summed E-state index contributed by atoms with van der Waals surface area (Å²) in [6.45, 7) is 4.97. The molecule has 0 atom stereocenters. The van der Waals surface area contributed by atoms with Crippen molar-refractivity contribution in [1.29, 1.82) is 0 Å². The summed E-state index contributed by atoms with van der Waals surface area (Å²) in [4.78, 5) is 25.2. The predicted octanol–water partition coefficient (Wildman–Crippen LogP) is 7.64. The van der Waals surface area contributed by atoms with Crippen molar-refractivity contribution in [3.8, 4) is 17.2 Å². The molecule has 0 aliphatic heterocycles. The summed E-state index contributed by atoms with van der Waals surface area (Å²) in [5.41, 5.74) is 0.209. The molecule has 0 spiro atoms. The van der Waals surface area contributed by atoms with Gasteiger partial charge in [0.1, 0.15) is 17.2 Å². The largest absolute Gasteiger partial charge is 0.494 e. The maximum Gasteiger partial charge on any atom is 0.345 e. The van der Waals surface area contributed by atoms with E-state index in [1.807, 2.05) is 0 Å². The maximum atomic E-state index is 12.6. The maximum absolute atomic E-state index is 12.6. The van der Waals surface area contributed by atoms with Gasteiger partial charge in [-0.25, -0.2) is 4.79 Å². The number of carbonyl (C=O) groups is 2. The van der Waals surface area contributed by atoms with E-state index in [-0.39, 0.29) is 22.5 Å². The molecular weight excluding hydrogens is 452 g/mol. The first-order valence-corrected chi connectivity index (χ1v) is 12.8. The molecule has 0 N–H and O–H groups in total. The first kappa shape index (κ1) is 26.1. The van der Waals surface area contributed by atoms with Crippen molar-refractivity contribution in [1.82, 2.24) is 0 Å². The Hall–Kier alpha value is -2.53. The summed E-state index contributed by atoms with van der Waals surface area (Å²) in [6, 6.07) is 11.5. The van der Waals surface area contributed by atoms with Crippen LogP contribution >= 0.6 is 11.6 Å².